The second kappa shape index (κ2) is 28.3. The summed E-state index contributed by atoms with van der Waals surface area (Å²) in [7, 11) is 0. The van der Waals surface area contributed by atoms with Gasteiger partial charge in [0, 0.05) is 12.8 Å². The summed E-state index contributed by atoms with van der Waals surface area (Å²) < 4.78 is 0. The normalized spacial score (nSPS) is 14.2. The van der Waals surface area contributed by atoms with Gasteiger partial charge in [0.25, 0.3) is 0 Å². The van der Waals surface area contributed by atoms with Gasteiger partial charge < -0.3 is 56.9 Å². The lowest BCUT2D eigenvalue weighted by molar-refractivity contribution is -0.147. The molecule has 0 spiro atoms. The topological polar surface area (TPSA) is 332 Å². The number of carbonyl (C=O) groups excluding carboxylic acids is 6. The molecule has 0 bridgehead atoms. The van der Waals surface area contributed by atoms with E-state index < -0.39 is 135 Å². The Kier molecular flexibility index (Phi) is 25.7. The van der Waals surface area contributed by atoms with E-state index >= 15 is 0 Å². The predicted molar refractivity (Wildman–Crippen MR) is 197 cm³/mol. The number of aliphatic hydroxyl groups is 1. The third-order valence-corrected chi connectivity index (χ3v) is 8.41. The summed E-state index contributed by atoms with van der Waals surface area (Å²) in [6.45, 7) is 5.63. The number of nitrogens with one attached hydrogen (secondary N) is 5. The van der Waals surface area contributed by atoms with Gasteiger partial charge in [0.1, 0.15) is 30.5 Å². The molecule has 0 rings (SSSR count). The maximum Gasteiger partial charge on any atom is 0.326 e. The Morgan fingerprint density at radius 1 is 0.536 bits per heavy atom. The highest BCUT2D eigenvalue weighted by molar-refractivity contribution is 5.96. The summed E-state index contributed by atoms with van der Waals surface area (Å²) in [4.78, 5) is 123. The number of unbranched alkanes of at least 4 members (excludes halogenated alkanes) is 6. The molecular formula is C36H59N5O15. The smallest absolute Gasteiger partial charge is 0.326 e. The fourth-order valence-corrected chi connectivity index (χ4v) is 5.48. The number of carboxylic acid groups (broad SMARTS) is 4. The van der Waals surface area contributed by atoms with Crippen LogP contribution in [0.4, 0.5) is 0 Å². The van der Waals surface area contributed by atoms with Crippen LogP contribution < -0.4 is 26.6 Å². The third-order valence-electron chi connectivity index (χ3n) is 8.41. The minimum Gasteiger partial charge on any atom is -0.481 e. The number of amides is 5. The molecule has 10 N–H and O–H groups in total. The van der Waals surface area contributed by atoms with Gasteiger partial charge in [-0.05, 0) is 31.6 Å². The number of aldehydes is 1. The number of carboxylic acids is 4. The van der Waals surface area contributed by atoms with E-state index in [9.17, 15) is 63.3 Å². The zero-order chi connectivity index (χ0) is 42.8. The molecular weight excluding hydrogens is 742 g/mol. The van der Waals surface area contributed by atoms with Gasteiger partial charge in [0.15, 0.2) is 0 Å². The summed E-state index contributed by atoms with van der Waals surface area (Å²) in [5, 5.41) is 58.2. The van der Waals surface area contributed by atoms with E-state index in [1.807, 2.05) is 5.32 Å². The molecule has 0 saturated carbocycles. The van der Waals surface area contributed by atoms with Crippen LogP contribution >= 0.6 is 0 Å². The number of aliphatic hydroxyl groups excluding tert-OH is 1. The molecule has 0 aliphatic heterocycles. The van der Waals surface area contributed by atoms with Crippen LogP contribution in [0.3, 0.4) is 0 Å². The molecule has 0 heterocycles. The Balaban J connectivity index is 6.20. The second-order valence-corrected chi connectivity index (χ2v) is 14.0. The molecule has 20 nitrogen and oxygen atoms in total. The van der Waals surface area contributed by atoms with Gasteiger partial charge in [-0.1, -0.05) is 65.7 Å². The van der Waals surface area contributed by atoms with E-state index in [0.717, 1.165) is 38.5 Å². The van der Waals surface area contributed by atoms with Crippen LogP contribution in [0.1, 0.15) is 124 Å². The van der Waals surface area contributed by atoms with Crippen molar-refractivity contribution in [3.63, 3.8) is 0 Å². The molecule has 0 aromatic rings. The highest BCUT2D eigenvalue weighted by atomic mass is 16.4. The van der Waals surface area contributed by atoms with E-state index in [2.05, 4.69) is 28.2 Å². The van der Waals surface area contributed by atoms with Crippen molar-refractivity contribution >= 4 is 59.7 Å². The first-order valence-electron chi connectivity index (χ1n) is 18.8. The predicted octanol–water partition coefficient (Wildman–Crippen LogP) is 0.226. The highest BCUT2D eigenvalue weighted by Gasteiger charge is 2.32. The summed E-state index contributed by atoms with van der Waals surface area (Å²) in [6.07, 6.45) is 1.82. The van der Waals surface area contributed by atoms with E-state index in [4.69, 9.17) is 10.2 Å². The van der Waals surface area contributed by atoms with Crippen LogP contribution in [0.2, 0.25) is 0 Å². The van der Waals surface area contributed by atoms with Crippen molar-refractivity contribution in [2.24, 2.45) is 5.92 Å². The van der Waals surface area contributed by atoms with Crippen molar-refractivity contribution in [1.82, 2.24) is 26.6 Å². The zero-order valence-electron chi connectivity index (χ0n) is 32.3. The zero-order valence-corrected chi connectivity index (χ0v) is 32.3. The van der Waals surface area contributed by atoms with Crippen LogP contribution in [0.5, 0.6) is 0 Å². The van der Waals surface area contributed by atoms with E-state index in [0.29, 0.717) is 12.7 Å². The van der Waals surface area contributed by atoms with Gasteiger partial charge in [-0.15, -0.1) is 0 Å². The lowest BCUT2D eigenvalue weighted by Gasteiger charge is -2.25. The Morgan fingerprint density at radius 2 is 1.05 bits per heavy atom. The Bertz CT molecular complexity index is 1340. The number of hydrogen-bond donors (Lipinski definition) is 10. The largest absolute Gasteiger partial charge is 0.481 e. The van der Waals surface area contributed by atoms with Crippen molar-refractivity contribution in [2.75, 3.05) is 0 Å². The van der Waals surface area contributed by atoms with E-state index in [1.165, 1.54) is 0 Å². The molecule has 20 heteroatoms. The van der Waals surface area contributed by atoms with Crippen molar-refractivity contribution in [3.8, 4) is 0 Å². The lowest BCUT2D eigenvalue weighted by Crippen LogP contribution is -2.56. The van der Waals surface area contributed by atoms with Gasteiger partial charge >= 0.3 is 23.9 Å². The van der Waals surface area contributed by atoms with Crippen molar-refractivity contribution in [3.05, 3.63) is 0 Å². The summed E-state index contributed by atoms with van der Waals surface area (Å²) in [5.74, 6) is -11.4. The van der Waals surface area contributed by atoms with Crippen molar-refractivity contribution in [1.29, 1.82) is 0 Å². The third kappa shape index (κ3) is 24.3. The Hall–Kier alpha value is -5.14. The summed E-state index contributed by atoms with van der Waals surface area (Å²) in [5.41, 5.74) is 0. The van der Waals surface area contributed by atoms with Crippen LogP contribution in [-0.4, -0.2) is 122 Å². The fraction of sp³-hybridized carbons (Fsp3) is 0.722. The van der Waals surface area contributed by atoms with Gasteiger partial charge in [-0.2, -0.15) is 0 Å². The molecule has 0 fully saturated rings. The monoisotopic (exact) mass is 801 g/mol. The molecule has 0 aliphatic carbocycles. The molecule has 6 atom stereocenters. The van der Waals surface area contributed by atoms with Crippen LogP contribution in [0.25, 0.3) is 0 Å². The minimum atomic E-state index is -1.91. The lowest BCUT2D eigenvalue weighted by atomic mass is 10.0. The molecule has 56 heavy (non-hydrogen) atoms. The molecule has 0 aliphatic rings. The molecule has 0 saturated heterocycles. The quantitative estimate of drug-likeness (QED) is 0.0321. The second-order valence-electron chi connectivity index (χ2n) is 14.0. The number of aliphatic carboxylic acids is 4. The maximum atomic E-state index is 13.7. The van der Waals surface area contributed by atoms with E-state index in [-0.39, 0.29) is 18.8 Å². The van der Waals surface area contributed by atoms with Gasteiger partial charge in [-0.25, -0.2) is 9.59 Å². The average Bonchev–Trinajstić information content (AvgIpc) is 3.09. The first-order valence-corrected chi connectivity index (χ1v) is 18.8. The first-order chi connectivity index (χ1) is 26.3. The van der Waals surface area contributed by atoms with Crippen LogP contribution in [-0.2, 0) is 47.9 Å². The van der Waals surface area contributed by atoms with Gasteiger partial charge in [0.2, 0.25) is 29.5 Å². The van der Waals surface area contributed by atoms with Crippen LogP contribution in [0, 0.1) is 5.92 Å². The van der Waals surface area contributed by atoms with E-state index in [1.54, 1.807) is 13.8 Å². The summed E-state index contributed by atoms with van der Waals surface area (Å²) >= 11 is 0. The number of rotatable bonds is 32. The minimum absolute atomic E-state index is 0.0712. The van der Waals surface area contributed by atoms with Crippen molar-refractivity contribution in [2.45, 2.75) is 160 Å². The Labute approximate surface area is 325 Å². The molecule has 5 amide bonds. The Morgan fingerprint density at radius 3 is 1.59 bits per heavy atom. The highest BCUT2D eigenvalue weighted by Crippen LogP contribution is 2.12. The molecule has 318 valence electrons. The molecule has 6 unspecified atom stereocenters. The van der Waals surface area contributed by atoms with Crippen molar-refractivity contribution < 1.29 is 73.5 Å². The summed E-state index contributed by atoms with van der Waals surface area (Å²) in [6, 6.07) is -8.02. The average molecular weight is 802 g/mol. The first kappa shape index (κ1) is 50.9. The van der Waals surface area contributed by atoms with Crippen LogP contribution in [0.15, 0.2) is 0 Å². The maximum absolute atomic E-state index is 13.7. The van der Waals surface area contributed by atoms with Gasteiger partial charge in [-0.3, -0.25) is 33.6 Å². The number of hydrogen-bond acceptors (Lipinski definition) is 11. The number of carbonyl (C=O) groups is 10. The molecule has 0 aromatic carbocycles. The SMILES string of the molecule is CCCCCCCCCC(O)CC(=O)NC(CC(=O)NC(CC(=O)O)C(=O)O)C(=O)NC(CCC(=O)NC(CCC(=O)O)C(=O)O)C(=O)NC(C=O)CC(C)C. The van der Waals surface area contributed by atoms with Gasteiger partial charge in [0.05, 0.1) is 31.4 Å². The fourth-order valence-electron chi connectivity index (χ4n) is 5.48. The molecule has 0 aromatic heterocycles. The molecule has 0 radical (unpaired) electrons. The standard InChI is InChI=1S/C36H59N5O15/c1-4-5-6-7-8-9-10-11-23(43)17-29(45)39-26(18-30(46)40-27(36(55)56)19-32(49)50)34(52)41-24(33(51)37-22(20-42)16-21(2)3)12-14-28(44)38-25(35(53)54)13-15-31(47)48/h20-27,43H,4-19H2,1-3H3,(H,37,51)(H,38,44)(H,39,45)(H,40,46)(H,41,52)(H,47,48)(H,49,50)(H,53,54)(H,55,56).